The van der Waals surface area contributed by atoms with Crippen LogP contribution in [0.15, 0.2) is 54.6 Å². The zero-order valence-electron chi connectivity index (χ0n) is 16.2. The summed E-state index contributed by atoms with van der Waals surface area (Å²) in [5.41, 5.74) is 1.97. The van der Waals surface area contributed by atoms with E-state index in [0.29, 0.717) is 26.3 Å². The number of aryl methyl sites for hydroxylation is 1. The monoisotopic (exact) mass is 439 g/mol. The van der Waals surface area contributed by atoms with Gasteiger partial charge in [0.05, 0.1) is 18.2 Å². The predicted octanol–water partition coefficient (Wildman–Crippen LogP) is 4.88. The fraction of sp³-hybridized carbons (Fsp3) is 0.182. The second kappa shape index (κ2) is 10.0. The molecule has 0 N–H and O–H groups in total. The van der Waals surface area contributed by atoms with Crippen molar-refractivity contribution in [2.75, 3.05) is 18.1 Å². The Kier molecular flexibility index (Phi) is 7.17. The van der Waals surface area contributed by atoms with Crippen molar-refractivity contribution < 1.29 is 14.3 Å². The van der Waals surface area contributed by atoms with E-state index < -0.39 is 18.5 Å². The highest BCUT2D eigenvalue weighted by Crippen LogP contribution is 2.30. The molecule has 3 rings (SSSR count). The molecule has 0 spiro atoms. The van der Waals surface area contributed by atoms with Gasteiger partial charge in [0.25, 0.3) is 5.91 Å². The maximum absolute atomic E-state index is 12.6. The van der Waals surface area contributed by atoms with E-state index in [0.717, 1.165) is 5.56 Å². The van der Waals surface area contributed by atoms with Crippen LogP contribution < -0.4 is 4.90 Å². The number of nitrogens with zero attached hydrogens (tertiary/aromatic N) is 3. The van der Waals surface area contributed by atoms with Crippen molar-refractivity contribution in [3.05, 3.63) is 70.2 Å². The minimum atomic E-state index is -0.611. The summed E-state index contributed by atoms with van der Waals surface area (Å²) >= 11 is 7.22. The maximum atomic E-state index is 12.6. The molecule has 6 nitrogen and oxygen atoms in total. The molecular formula is C22H18ClN3O3S. The first-order valence-corrected chi connectivity index (χ1v) is 10.3. The van der Waals surface area contributed by atoms with Gasteiger partial charge >= 0.3 is 5.97 Å². The molecule has 0 atom stereocenters. The van der Waals surface area contributed by atoms with Crippen LogP contribution in [0.3, 0.4) is 0 Å². The van der Waals surface area contributed by atoms with Gasteiger partial charge in [0, 0.05) is 22.8 Å². The number of carbonyl (C=O) groups excluding carboxylic acids is 2. The molecule has 0 aliphatic rings. The van der Waals surface area contributed by atoms with Crippen molar-refractivity contribution >= 4 is 40.5 Å². The van der Waals surface area contributed by atoms with Crippen molar-refractivity contribution in [1.82, 2.24) is 4.98 Å². The van der Waals surface area contributed by atoms with E-state index in [1.807, 2.05) is 24.3 Å². The molecular weight excluding hydrogens is 422 g/mol. The molecule has 0 bridgehead atoms. The molecule has 3 aromatic rings. The quantitative estimate of drug-likeness (QED) is 0.490. The van der Waals surface area contributed by atoms with Crippen LogP contribution in [0.25, 0.3) is 10.6 Å². The van der Waals surface area contributed by atoms with Crippen molar-refractivity contribution in [1.29, 1.82) is 5.26 Å². The molecule has 0 aliphatic heterocycles. The molecule has 0 saturated heterocycles. The third kappa shape index (κ3) is 5.23. The Morgan fingerprint density at radius 3 is 2.67 bits per heavy atom. The van der Waals surface area contributed by atoms with Crippen molar-refractivity contribution in [2.24, 2.45) is 0 Å². The Labute approximate surface area is 183 Å². The van der Waals surface area contributed by atoms with Gasteiger partial charge in [0.2, 0.25) is 0 Å². The third-order valence-corrected chi connectivity index (χ3v) is 5.62. The van der Waals surface area contributed by atoms with Crippen LogP contribution in [-0.2, 0) is 9.53 Å². The summed E-state index contributed by atoms with van der Waals surface area (Å²) < 4.78 is 5.26. The molecule has 0 saturated carbocycles. The minimum absolute atomic E-state index is 0.172. The van der Waals surface area contributed by atoms with Gasteiger partial charge in [-0.15, -0.1) is 11.3 Å². The molecule has 0 unspecified atom stereocenters. The van der Waals surface area contributed by atoms with Crippen LogP contribution in [0.1, 0.15) is 21.8 Å². The van der Waals surface area contributed by atoms with Crippen molar-refractivity contribution in [3.8, 4) is 16.6 Å². The van der Waals surface area contributed by atoms with E-state index in [-0.39, 0.29) is 13.0 Å². The van der Waals surface area contributed by atoms with Crippen LogP contribution >= 0.6 is 22.9 Å². The molecule has 1 aromatic heterocycles. The number of esters is 1. The van der Waals surface area contributed by atoms with Crippen LogP contribution in [0, 0.1) is 18.3 Å². The second-order valence-corrected chi connectivity index (χ2v) is 7.74. The average Bonchev–Trinajstić information content (AvgIpc) is 3.15. The Bertz CT molecular complexity index is 1090. The fourth-order valence-corrected chi connectivity index (χ4v) is 3.92. The predicted molar refractivity (Wildman–Crippen MR) is 117 cm³/mol. The number of hydrogen-bond donors (Lipinski definition) is 0. The molecule has 8 heteroatoms. The molecule has 0 aliphatic carbocycles. The number of amides is 1. The first-order chi connectivity index (χ1) is 14.5. The number of rotatable bonds is 7. The number of benzene rings is 2. The number of aromatic nitrogens is 1. The summed E-state index contributed by atoms with van der Waals surface area (Å²) in [4.78, 5) is 31.4. The largest absolute Gasteiger partial charge is 0.451 e. The maximum Gasteiger partial charge on any atom is 0.350 e. The highest BCUT2D eigenvalue weighted by molar-refractivity contribution is 7.17. The van der Waals surface area contributed by atoms with Gasteiger partial charge in [-0.1, -0.05) is 41.9 Å². The van der Waals surface area contributed by atoms with Gasteiger partial charge in [0.1, 0.15) is 9.88 Å². The Morgan fingerprint density at radius 1 is 1.20 bits per heavy atom. The SMILES string of the molecule is Cc1nc(-c2cccc(Cl)c2)sc1C(=O)OCC(=O)N(CCC#N)c1ccccc1. The Balaban J connectivity index is 1.70. The van der Waals surface area contributed by atoms with Crippen molar-refractivity contribution in [3.63, 3.8) is 0 Å². The lowest BCUT2D eigenvalue weighted by Crippen LogP contribution is -2.35. The standard InChI is InChI=1S/C22H18ClN3O3S/c1-15-20(30-21(25-15)16-7-5-8-17(23)13-16)22(28)29-14-19(27)26(12-6-11-24)18-9-3-2-4-10-18/h2-5,7-10,13H,6,12,14H2,1H3. The van der Waals surface area contributed by atoms with Crippen LogP contribution in [0.2, 0.25) is 5.02 Å². The second-order valence-electron chi connectivity index (χ2n) is 6.31. The number of thiazole rings is 1. The number of halogens is 1. The number of anilines is 1. The van der Waals surface area contributed by atoms with Gasteiger partial charge in [-0.3, -0.25) is 4.79 Å². The summed E-state index contributed by atoms with van der Waals surface area (Å²) in [6.07, 6.45) is 0.172. The lowest BCUT2D eigenvalue weighted by molar-refractivity contribution is -0.121. The number of nitriles is 1. The fourth-order valence-electron chi connectivity index (χ4n) is 2.77. The number of para-hydroxylation sites is 1. The van der Waals surface area contributed by atoms with Gasteiger partial charge in [-0.25, -0.2) is 9.78 Å². The zero-order chi connectivity index (χ0) is 21.5. The van der Waals surface area contributed by atoms with E-state index in [1.54, 1.807) is 43.3 Å². The number of ether oxygens (including phenoxy) is 1. The molecule has 0 radical (unpaired) electrons. The van der Waals surface area contributed by atoms with Gasteiger partial charge in [-0.05, 0) is 31.2 Å². The molecule has 2 aromatic carbocycles. The zero-order valence-corrected chi connectivity index (χ0v) is 17.7. The van der Waals surface area contributed by atoms with Crippen LogP contribution in [0.5, 0.6) is 0 Å². The Morgan fingerprint density at radius 2 is 1.97 bits per heavy atom. The van der Waals surface area contributed by atoms with E-state index in [9.17, 15) is 9.59 Å². The smallest absolute Gasteiger partial charge is 0.350 e. The lowest BCUT2D eigenvalue weighted by Gasteiger charge is -2.21. The molecule has 30 heavy (non-hydrogen) atoms. The topological polar surface area (TPSA) is 83.3 Å². The van der Waals surface area contributed by atoms with Gasteiger partial charge in [-0.2, -0.15) is 5.26 Å². The first kappa shape index (κ1) is 21.5. The van der Waals surface area contributed by atoms with Crippen LogP contribution in [0.4, 0.5) is 5.69 Å². The van der Waals surface area contributed by atoms with Gasteiger partial charge < -0.3 is 9.64 Å². The summed E-state index contributed by atoms with van der Waals surface area (Å²) in [5.74, 6) is -1.01. The number of carbonyl (C=O) groups is 2. The number of hydrogen-bond acceptors (Lipinski definition) is 6. The highest BCUT2D eigenvalue weighted by atomic mass is 35.5. The van der Waals surface area contributed by atoms with E-state index >= 15 is 0 Å². The molecule has 152 valence electrons. The van der Waals surface area contributed by atoms with Crippen molar-refractivity contribution in [2.45, 2.75) is 13.3 Å². The van der Waals surface area contributed by atoms with Crippen LogP contribution in [-0.4, -0.2) is 30.0 Å². The van der Waals surface area contributed by atoms with E-state index in [4.69, 9.17) is 21.6 Å². The third-order valence-electron chi connectivity index (χ3n) is 4.20. The highest BCUT2D eigenvalue weighted by Gasteiger charge is 2.21. The molecule has 0 fully saturated rings. The molecule has 1 amide bonds. The normalized spacial score (nSPS) is 10.3. The summed E-state index contributed by atoms with van der Waals surface area (Å²) in [5, 5.41) is 10.1. The Hall–Kier alpha value is -3.21. The van der Waals surface area contributed by atoms with E-state index in [2.05, 4.69) is 4.98 Å². The first-order valence-electron chi connectivity index (χ1n) is 9.12. The lowest BCUT2D eigenvalue weighted by atomic mass is 10.2. The minimum Gasteiger partial charge on any atom is -0.451 e. The average molecular weight is 440 g/mol. The summed E-state index contributed by atoms with van der Waals surface area (Å²) in [6, 6.07) is 18.2. The molecule has 1 heterocycles. The van der Waals surface area contributed by atoms with E-state index in [1.165, 1.54) is 16.2 Å². The summed E-state index contributed by atoms with van der Waals surface area (Å²) in [6.45, 7) is 1.50. The summed E-state index contributed by atoms with van der Waals surface area (Å²) in [7, 11) is 0. The van der Waals surface area contributed by atoms with Gasteiger partial charge in [0.15, 0.2) is 6.61 Å².